The number of ether oxygens (including phenoxy) is 2. The number of hydrogen-bond acceptors (Lipinski definition) is 6. The molecule has 3 aromatic rings. The smallest absolute Gasteiger partial charge is 0.203 e. The fourth-order valence-electron chi connectivity index (χ4n) is 2.33. The molecular formula is C19H17ClFN3O2S. The Kier molecular flexibility index (Phi) is 6.26. The maximum absolute atomic E-state index is 14.0. The Bertz CT molecular complexity index is 942. The summed E-state index contributed by atoms with van der Waals surface area (Å²) >= 11 is 7.53. The number of rotatable bonds is 7. The molecule has 1 aromatic heterocycles. The Morgan fingerprint density at radius 1 is 1.30 bits per heavy atom. The summed E-state index contributed by atoms with van der Waals surface area (Å²) in [5.41, 5.74) is 4.74. The first kappa shape index (κ1) is 19.1. The molecule has 0 aliphatic rings. The molecule has 0 unspecified atom stereocenters. The maximum atomic E-state index is 14.0. The number of anilines is 1. The molecule has 0 saturated heterocycles. The number of nitrogens with zero attached hydrogens (tertiary/aromatic N) is 2. The van der Waals surface area contributed by atoms with Crippen LogP contribution < -0.4 is 14.9 Å². The predicted octanol–water partition coefficient (Wildman–Crippen LogP) is 5.28. The van der Waals surface area contributed by atoms with Crippen LogP contribution in [0.25, 0.3) is 0 Å². The molecule has 0 spiro atoms. The monoisotopic (exact) mass is 405 g/mol. The molecule has 3 rings (SSSR count). The Labute approximate surface area is 165 Å². The number of halogens is 2. The van der Waals surface area contributed by atoms with Gasteiger partial charge in [-0.05, 0) is 31.2 Å². The van der Waals surface area contributed by atoms with Crippen LogP contribution >= 0.6 is 22.9 Å². The van der Waals surface area contributed by atoms with Gasteiger partial charge in [-0.2, -0.15) is 5.10 Å². The normalized spacial score (nSPS) is 11.0. The van der Waals surface area contributed by atoms with Crippen molar-refractivity contribution in [2.45, 2.75) is 13.5 Å². The highest BCUT2D eigenvalue weighted by Crippen LogP contribution is 2.32. The van der Waals surface area contributed by atoms with Crippen LogP contribution in [0.4, 0.5) is 9.52 Å². The van der Waals surface area contributed by atoms with Crippen molar-refractivity contribution < 1.29 is 13.9 Å². The average Bonchev–Trinajstić information content (AvgIpc) is 3.07. The molecule has 0 fully saturated rings. The highest BCUT2D eigenvalue weighted by atomic mass is 35.5. The minimum atomic E-state index is -0.423. The van der Waals surface area contributed by atoms with Crippen molar-refractivity contribution in [1.82, 2.24) is 4.98 Å². The molecule has 1 heterocycles. The molecule has 0 aliphatic heterocycles. The Morgan fingerprint density at radius 3 is 2.81 bits per heavy atom. The molecule has 0 aliphatic carbocycles. The van der Waals surface area contributed by atoms with E-state index in [2.05, 4.69) is 15.5 Å². The lowest BCUT2D eigenvalue weighted by atomic mass is 10.2. The van der Waals surface area contributed by atoms with Gasteiger partial charge in [0.2, 0.25) is 5.13 Å². The highest BCUT2D eigenvalue weighted by molar-refractivity contribution is 7.13. The molecule has 0 amide bonds. The van der Waals surface area contributed by atoms with Crippen LogP contribution in [-0.2, 0) is 6.61 Å². The first-order valence-corrected chi connectivity index (χ1v) is 9.28. The molecule has 0 radical (unpaired) electrons. The third kappa shape index (κ3) is 4.75. The van der Waals surface area contributed by atoms with Gasteiger partial charge in [-0.15, -0.1) is 11.3 Å². The number of aromatic nitrogens is 1. The van der Waals surface area contributed by atoms with Gasteiger partial charge in [0.1, 0.15) is 12.4 Å². The Morgan fingerprint density at radius 2 is 2.11 bits per heavy atom. The van der Waals surface area contributed by atoms with Gasteiger partial charge in [-0.25, -0.2) is 9.37 Å². The number of benzene rings is 2. The lowest BCUT2D eigenvalue weighted by Gasteiger charge is -2.14. The lowest BCUT2D eigenvalue weighted by molar-refractivity contribution is 0.279. The van der Waals surface area contributed by atoms with E-state index in [4.69, 9.17) is 21.1 Å². The Hall–Kier alpha value is -2.64. The number of hydrazone groups is 1. The van der Waals surface area contributed by atoms with E-state index in [9.17, 15) is 4.39 Å². The van der Waals surface area contributed by atoms with Crippen molar-refractivity contribution >= 4 is 34.3 Å². The number of thiazole rings is 1. The maximum Gasteiger partial charge on any atom is 0.203 e. The van der Waals surface area contributed by atoms with Gasteiger partial charge in [0, 0.05) is 16.5 Å². The molecule has 1 N–H and O–H groups in total. The van der Waals surface area contributed by atoms with Crippen LogP contribution in [0.1, 0.15) is 16.8 Å². The van der Waals surface area contributed by atoms with E-state index in [0.29, 0.717) is 27.2 Å². The van der Waals surface area contributed by atoms with Gasteiger partial charge in [0.05, 0.1) is 24.0 Å². The molecule has 8 heteroatoms. The summed E-state index contributed by atoms with van der Waals surface area (Å²) in [5.74, 6) is 0.533. The number of hydrogen-bond donors (Lipinski definition) is 1. The molecule has 0 saturated carbocycles. The van der Waals surface area contributed by atoms with Crippen molar-refractivity contribution in [3.05, 3.63) is 69.4 Å². The molecule has 2 aromatic carbocycles. The zero-order valence-corrected chi connectivity index (χ0v) is 16.3. The fourth-order valence-corrected chi connectivity index (χ4v) is 3.18. The van der Waals surface area contributed by atoms with Gasteiger partial charge in [-0.3, -0.25) is 5.43 Å². The summed E-state index contributed by atoms with van der Waals surface area (Å²) in [5, 5.41) is 7.11. The van der Waals surface area contributed by atoms with Crippen LogP contribution in [-0.4, -0.2) is 18.3 Å². The van der Waals surface area contributed by atoms with Crippen LogP contribution in [0.15, 0.2) is 46.9 Å². The lowest BCUT2D eigenvalue weighted by Crippen LogP contribution is -2.03. The predicted molar refractivity (Wildman–Crippen MR) is 107 cm³/mol. The van der Waals surface area contributed by atoms with Crippen LogP contribution in [0.5, 0.6) is 11.5 Å². The van der Waals surface area contributed by atoms with Crippen LogP contribution in [0.3, 0.4) is 0 Å². The summed E-state index contributed by atoms with van der Waals surface area (Å²) in [7, 11) is 1.54. The summed E-state index contributed by atoms with van der Waals surface area (Å²) in [4.78, 5) is 4.27. The molecule has 140 valence electrons. The van der Waals surface area contributed by atoms with Crippen LogP contribution in [0, 0.1) is 12.7 Å². The van der Waals surface area contributed by atoms with Gasteiger partial charge in [0.15, 0.2) is 11.5 Å². The second-order valence-electron chi connectivity index (χ2n) is 5.53. The zero-order valence-electron chi connectivity index (χ0n) is 14.7. The topological polar surface area (TPSA) is 55.7 Å². The van der Waals surface area contributed by atoms with E-state index >= 15 is 0 Å². The second kappa shape index (κ2) is 8.83. The summed E-state index contributed by atoms with van der Waals surface area (Å²) in [6, 6.07) is 9.90. The van der Waals surface area contributed by atoms with E-state index in [0.717, 1.165) is 5.69 Å². The quantitative estimate of drug-likeness (QED) is 0.429. The minimum absolute atomic E-state index is 0.0359. The van der Waals surface area contributed by atoms with Gasteiger partial charge in [-0.1, -0.05) is 23.7 Å². The van der Waals surface area contributed by atoms with Crippen molar-refractivity contribution in [2.75, 3.05) is 12.5 Å². The minimum Gasteiger partial charge on any atom is -0.493 e. The van der Waals surface area contributed by atoms with Crippen molar-refractivity contribution in [3.8, 4) is 11.5 Å². The standard InChI is InChI=1S/C19H17ClFN3O2S/c1-12-11-27-19(23-12)24-22-9-13-5-3-8-17(25-2)18(13)26-10-14-15(20)6-4-7-16(14)21/h3-9,11H,10H2,1-2H3,(H,23,24). The molecule has 0 atom stereocenters. The third-order valence-corrected chi connectivity index (χ3v) is 4.85. The summed E-state index contributed by atoms with van der Waals surface area (Å²) in [6.07, 6.45) is 1.59. The number of nitrogens with one attached hydrogen (secondary N) is 1. The average molecular weight is 406 g/mol. The molecule has 5 nitrogen and oxygen atoms in total. The van der Waals surface area contributed by atoms with Gasteiger partial charge < -0.3 is 9.47 Å². The van der Waals surface area contributed by atoms with E-state index in [1.807, 2.05) is 24.4 Å². The van der Waals surface area contributed by atoms with E-state index < -0.39 is 5.82 Å². The molecular weight excluding hydrogens is 389 g/mol. The van der Waals surface area contributed by atoms with E-state index in [-0.39, 0.29) is 12.2 Å². The van der Waals surface area contributed by atoms with Crippen LogP contribution in [0.2, 0.25) is 5.02 Å². The van der Waals surface area contributed by atoms with Crippen molar-refractivity contribution in [2.24, 2.45) is 5.10 Å². The van der Waals surface area contributed by atoms with Crippen molar-refractivity contribution in [3.63, 3.8) is 0 Å². The molecule has 0 bridgehead atoms. The summed E-state index contributed by atoms with van der Waals surface area (Å²) < 4.78 is 25.2. The number of para-hydroxylation sites is 1. The summed E-state index contributed by atoms with van der Waals surface area (Å²) in [6.45, 7) is 1.87. The Balaban J connectivity index is 1.81. The zero-order chi connectivity index (χ0) is 19.2. The van der Waals surface area contributed by atoms with Crippen molar-refractivity contribution in [1.29, 1.82) is 0 Å². The molecule has 27 heavy (non-hydrogen) atoms. The highest BCUT2D eigenvalue weighted by Gasteiger charge is 2.13. The first-order chi connectivity index (χ1) is 13.1. The number of methoxy groups -OCH3 is 1. The second-order valence-corrected chi connectivity index (χ2v) is 6.80. The SMILES string of the molecule is COc1cccc(C=NNc2nc(C)cs2)c1OCc1c(F)cccc1Cl. The fraction of sp³-hybridized carbons (Fsp3) is 0.158. The van der Waals surface area contributed by atoms with E-state index in [1.54, 1.807) is 24.4 Å². The largest absolute Gasteiger partial charge is 0.493 e. The third-order valence-electron chi connectivity index (χ3n) is 3.63. The first-order valence-electron chi connectivity index (χ1n) is 8.02. The van der Waals surface area contributed by atoms with Gasteiger partial charge >= 0.3 is 0 Å². The van der Waals surface area contributed by atoms with E-state index in [1.165, 1.54) is 24.5 Å². The number of aryl methyl sites for hydroxylation is 1. The van der Waals surface area contributed by atoms with Gasteiger partial charge in [0.25, 0.3) is 0 Å².